The van der Waals surface area contributed by atoms with Crippen LogP contribution in [0.15, 0.2) is 65.2 Å². The summed E-state index contributed by atoms with van der Waals surface area (Å²) in [6.45, 7) is 0. The highest BCUT2D eigenvalue weighted by molar-refractivity contribution is 7.12. The number of hydrazone groups is 1. The molecule has 1 amide bonds. The number of rotatable bonds is 5. The van der Waals surface area contributed by atoms with Gasteiger partial charge in [0.15, 0.2) is 0 Å². The molecule has 2 N–H and O–H groups in total. The fourth-order valence-corrected chi connectivity index (χ4v) is 2.76. The van der Waals surface area contributed by atoms with Crippen molar-refractivity contribution in [2.24, 2.45) is 5.10 Å². The van der Waals surface area contributed by atoms with E-state index >= 15 is 0 Å². The van der Waals surface area contributed by atoms with Crippen LogP contribution in [0.4, 0.5) is 0 Å². The SMILES string of the molecule is O=C(O)c1cccc(-n2cccc2/C=N/NC(=O)c2cccs2)c1. The first-order valence-corrected chi connectivity index (χ1v) is 7.91. The third-order valence-corrected chi connectivity index (χ3v) is 4.13. The van der Waals surface area contributed by atoms with E-state index in [0.29, 0.717) is 16.3 Å². The Morgan fingerprint density at radius 3 is 2.79 bits per heavy atom. The maximum atomic E-state index is 11.8. The number of carboxylic acids is 1. The molecule has 0 saturated carbocycles. The summed E-state index contributed by atoms with van der Waals surface area (Å²) in [6, 6.07) is 13.7. The molecule has 2 aromatic heterocycles. The Bertz CT molecular complexity index is 897. The van der Waals surface area contributed by atoms with E-state index in [-0.39, 0.29) is 11.5 Å². The summed E-state index contributed by atoms with van der Waals surface area (Å²) in [7, 11) is 0. The number of carbonyl (C=O) groups excluding carboxylic acids is 1. The lowest BCUT2D eigenvalue weighted by Crippen LogP contribution is -2.16. The Balaban J connectivity index is 1.78. The highest BCUT2D eigenvalue weighted by Crippen LogP contribution is 2.14. The number of aromatic carboxylic acids is 1. The number of amides is 1. The zero-order valence-electron chi connectivity index (χ0n) is 12.4. The lowest BCUT2D eigenvalue weighted by molar-refractivity contribution is 0.0696. The molecule has 120 valence electrons. The van der Waals surface area contributed by atoms with Crippen LogP contribution in [0.1, 0.15) is 25.7 Å². The molecule has 6 nitrogen and oxygen atoms in total. The van der Waals surface area contributed by atoms with Gasteiger partial charge in [-0.25, -0.2) is 10.2 Å². The van der Waals surface area contributed by atoms with Crippen molar-refractivity contribution in [2.45, 2.75) is 0 Å². The van der Waals surface area contributed by atoms with Crippen molar-refractivity contribution in [1.82, 2.24) is 9.99 Å². The van der Waals surface area contributed by atoms with Gasteiger partial charge < -0.3 is 9.67 Å². The second-order valence-corrected chi connectivity index (χ2v) is 5.78. The molecule has 24 heavy (non-hydrogen) atoms. The molecule has 7 heteroatoms. The summed E-state index contributed by atoms with van der Waals surface area (Å²) in [6.07, 6.45) is 3.31. The van der Waals surface area contributed by atoms with E-state index in [0.717, 1.165) is 0 Å². The van der Waals surface area contributed by atoms with Crippen molar-refractivity contribution >= 4 is 29.4 Å². The molecule has 3 aromatic rings. The largest absolute Gasteiger partial charge is 0.478 e. The van der Waals surface area contributed by atoms with Gasteiger partial charge in [0.1, 0.15) is 0 Å². The Labute approximate surface area is 141 Å². The van der Waals surface area contributed by atoms with E-state index in [1.165, 1.54) is 23.6 Å². The lowest BCUT2D eigenvalue weighted by atomic mass is 10.2. The van der Waals surface area contributed by atoms with Crippen LogP contribution in [0.2, 0.25) is 0 Å². The zero-order chi connectivity index (χ0) is 16.9. The van der Waals surface area contributed by atoms with Crippen LogP contribution in [-0.2, 0) is 0 Å². The Kier molecular flexibility index (Phi) is 4.53. The number of carbonyl (C=O) groups is 2. The molecular formula is C17H13N3O3S. The van der Waals surface area contributed by atoms with Crippen LogP contribution >= 0.6 is 11.3 Å². The fourth-order valence-electron chi connectivity index (χ4n) is 2.14. The summed E-state index contributed by atoms with van der Waals surface area (Å²) in [5.41, 5.74) is 4.08. The highest BCUT2D eigenvalue weighted by Gasteiger charge is 2.07. The molecule has 3 rings (SSSR count). The van der Waals surface area contributed by atoms with Gasteiger partial charge in [-0.05, 0) is 41.8 Å². The number of hydrogen-bond donors (Lipinski definition) is 2. The zero-order valence-corrected chi connectivity index (χ0v) is 13.2. The molecule has 0 spiro atoms. The van der Waals surface area contributed by atoms with Gasteiger partial charge in [0.2, 0.25) is 0 Å². The van der Waals surface area contributed by atoms with Crippen LogP contribution in [0.3, 0.4) is 0 Å². The monoisotopic (exact) mass is 339 g/mol. The standard InChI is InChI=1S/C17H13N3O3S/c21-16(15-7-3-9-24-15)19-18-11-14-6-2-8-20(14)13-5-1-4-12(10-13)17(22)23/h1-11H,(H,19,21)(H,22,23)/b18-11+. The molecule has 0 atom stereocenters. The Hall–Kier alpha value is -3.19. The van der Waals surface area contributed by atoms with Crippen molar-refractivity contribution in [1.29, 1.82) is 0 Å². The van der Waals surface area contributed by atoms with Gasteiger partial charge in [-0.2, -0.15) is 5.10 Å². The van der Waals surface area contributed by atoms with Gasteiger partial charge in [-0.15, -0.1) is 11.3 Å². The Morgan fingerprint density at radius 1 is 1.17 bits per heavy atom. The van der Waals surface area contributed by atoms with Crippen LogP contribution < -0.4 is 5.43 Å². The first-order chi connectivity index (χ1) is 11.6. The molecule has 0 fully saturated rings. The summed E-state index contributed by atoms with van der Waals surface area (Å²) < 4.78 is 1.78. The van der Waals surface area contributed by atoms with Crippen molar-refractivity contribution in [2.75, 3.05) is 0 Å². The highest BCUT2D eigenvalue weighted by atomic mass is 32.1. The van der Waals surface area contributed by atoms with Crippen molar-refractivity contribution < 1.29 is 14.7 Å². The molecule has 1 aromatic carbocycles. The number of hydrogen-bond acceptors (Lipinski definition) is 4. The predicted octanol–water partition coefficient (Wildman–Crippen LogP) is 3.00. The average molecular weight is 339 g/mol. The molecule has 0 unspecified atom stereocenters. The first kappa shape index (κ1) is 15.7. The van der Waals surface area contributed by atoms with Gasteiger partial charge in [0.25, 0.3) is 5.91 Å². The van der Waals surface area contributed by atoms with Gasteiger partial charge in [0, 0.05) is 11.9 Å². The van der Waals surface area contributed by atoms with E-state index in [4.69, 9.17) is 5.11 Å². The molecule has 0 aliphatic carbocycles. The molecule has 0 bridgehead atoms. The molecule has 2 heterocycles. The van der Waals surface area contributed by atoms with Crippen LogP contribution in [0, 0.1) is 0 Å². The number of thiophene rings is 1. The predicted molar refractivity (Wildman–Crippen MR) is 92.1 cm³/mol. The molecule has 0 radical (unpaired) electrons. The minimum Gasteiger partial charge on any atom is -0.478 e. The van der Waals surface area contributed by atoms with Crippen LogP contribution in [-0.4, -0.2) is 27.8 Å². The topological polar surface area (TPSA) is 83.7 Å². The second-order valence-electron chi connectivity index (χ2n) is 4.83. The smallest absolute Gasteiger partial charge is 0.335 e. The first-order valence-electron chi connectivity index (χ1n) is 7.03. The third kappa shape index (κ3) is 3.41. The number of nitrogens with zero attached hydrogens (tertiary/aromatic N) is 2. The van der Waals surface area contributed by atoms with Gasteiger partial charge in [-0.1, -0.05) is 12.1 Å². The average Bonchev–Trinajstić information content (AvgIpc) is 3.26. The number of nitrogens with one attached hydrogen (secondary N) is 1. The molecule has 0 aliphatic rings. The van der Waals surface area contributed by atoms with Gasteiger partial charge >= 0.3 is 5.97 Å². The van der Waals surface area contributed by atoms with E-state index in [9.17, 15) is 9.59 Å². The molecule has 0 saturated heterocycles. The number of carboxylic acid groups (broad SMARTS) is 1. The lowest BCUT2D eigenvalue weighted by Gasteiger charge is -2.07. The second kappa shape index (κ2) is 6.93. The minimum absolute atomic E-state index is 0.204. The maximum Gasteiger partial charge on any atom is 0.335 e. The minimum atomic E-state index is -0.984. The van der Waals surface area contributed by atoms with Gasteiger partial charge in [0.05, 0.1) is 22.3 Å². The van der Waals surface area contributed by atoms with E-state index in [1.807, 2.05) is 17.5 Å². The third-order valence-electron chi connectivity index (χ3n) is 3.26. The van der Waals surface area contributed by atoms with Crippen molar-refractivity contribution in [3.05, 3.63) is 76.2 Å². The summed E-state index contributed by atoms with van der Waals surface area (Å²) >= 11 is 1.34. The number of aromatic nitrogens is 1. The van der Waals surface area contributed by atoms with Gasteiger partial charge in [-0.3, -0.25) is 4.79 Å². The van der Waals surface area contributed by atoms with E-state index < -0.39 is 5.97 Å². The van der Waals surface area contributed by atoms with Crippen LogP contribution in [0.5, 0.6) is 0 Å². The van der Waals surface area contributed by atoms with Crippen molar-refractivity contribution in [3.63, 3.8) is 0 Å². The normalized spacial score (nSPS) is 10.8. The van der Waals surface area contributed by atoms with Crippen LogP contribution in [0.25, 0.3) is 5.69 Å². The van der Waals surface area contributed by atoms with Crippen molar-refractivity contribution in [3.8, 4) is 5.69 Å². The van der Waals surface area contributed by atoms with E-state index in [1.54, 1.807) is 41.1 Å². The summed E-state index contributed by atoms with van der Waals surface area (Å²) in [5, 5.41) is 14.9. The Morgan fingerprint density at radius 2 is 2.04 bits per heavy atom. The maximum absolute atomic E-state index is 11.8. The number of benzene rings is 1. The summed E-state index contributed by atoms with van der Waals surface area (Å²) in [4.78, 5) is 23.5. The quantitative estimate of drug-likeness (QED) is 0.554. The molecular weight excluding hydrogens is 326 g/mol. The van der Waals surface area contributed by atoms with E-state index in [2.05, 4.69) is 10.5 Å². The fraction of sp³-hybridized carbons (Fsp3) is 0. The molecule has 0 aliphatic heterocycles. The summed E-state index contributed by atoms with van der Waals surface area (Å²) in [5.74, 6) is -1.25.